The zero-order chi connectivity index (χ0) is 12.0. The summed E-state index contributed by atoms with van der Waals surface area (Å²) >= 11 is 0. The van der Waals surface area contributed by atoms with Crippen LogP contribution in [-0.2, 0) is 4.79 Å². The summed E-state index contributed by atoms with van der Waals surface area (Å²) in [6, 6.07) is 5.38. The molecule has 0 aliphatic carbocycles. The van der Waals surface area contributed by atoms with Crippen molar-refractivity contribution in [3.8, 4) is 5.75 Å². The molecular weight excluding hydrogens is 221 g/mol. The summed E-state index contributed by atoms with van der Waals surface area (Å²) in [4.78, 5) is 10.0. The molecule has 0 heterocycles. The molecule has 0 atom stereocenters. The number of alkyl halides is 3. The second kappa shape index (κ2) is 5.34. The topological polar surface area (TPSA) is 26.3 Å². The zero-order valence-electron chi connectivity index (χ0n) is 8.20. The van der Waals surface area contributed by atoms with Gasteiger partial charge in [-0.25, -0.2) is 0 Å². The van der Waals surface area contributed by atoms with Gasteiger partial charge in [0.05, 0.1) is 0 Å². The van der Waals surface area contributed by atoms with Gasteiger partial charge in [-0.05, 0) is 17.7 Å². The SMILES string of the molecule is O=CCC=Cc1ccc(OC(F)(F)F)cc1. The molecule has 1 aromatic rings. The molecule has 5 heteroatoms. The molecule has 0 spiro atoms. The molecule has 0 unspecified atom stereocenters. The lowest BCUT2D eigenvalue weighted by Gasteiger charge is -2.08. The second-order valence-corrected chi connectivity index (χ2v) is 2.92. The van der Waals surface area contributed by atoms with Crippen molar-refractivity contribution < 1.29 is 22.7 Å². The largest absolute Gasteiger partial charge is 0.573 e. The summed E-state index contributed by atoms with van der Waals surface area (Å²) in [7, 11) is 0. The fraction of sp³-hybridized carbons (Fsp3) is 0.182. The van der Waals surface area contributed by atoms with E-state index < -0.39 is 6.36 Å². The smallest absolute Gasteiger partial charge is 0.406 e. The Morgan fingerprint density at radius 2 is 1.81 bits per heavy atom. The average Bonchev–Trinajstić information content (AvgIpc) is 2.19. The van der Waals surface area contributed by atoms with Crippen LogP contribution in [-0.4, -0.2) is 12.6 Å². The summed E-state index contributed by atoms with van der Waals surface area (Å²) in [5.74, 6) is -0.264. The van der Waals surface area contributed by atoms with E-state index in [1.54, 1.807) is 12.2 Å². The van der Waals surface area contributed by atoms with Gasteiger partial charge in [-0.15, -0.1) is 13.2 Å². The zero-order valence-corrected chi connectivity index (χ0v) is 8.20. The Morgan fingerprint density at radius 1 is 1.19 bits per heavy atom. The number of ether oxygens (including phenoxy) is 1. The lowest BCUT2D eigenvalue weighted by molar-refractivity contribution is -0.274. The Balaban J connectivity index is 2.64. The van der Waals surface area contributed by atoms with Crippen LogP contribution in [0.3, 0.4) is 0 Å². The molecule has 0 aliphatic heterocycles. The van der Waals surface area contributed by atoms with Crippen LogP contribution in [0.15, 0.2) is 30.3 Å². The molecule has 1 aromatic carbocycles. The number of rotatable bonds is 4. The normalized spacial score (nSPS) is 11.7. The highest BCUT2D eigenvalue weighted by molar-refractivity contribution is 5.58. The molecule has 86 valence electrons. The van der Waals surface area contributed by atoms with Gasteiger partial charge in [0.15, 0.2) is 0 Å². The minimum atomic E-state index is -4.67. The van der Waals surface area contributed by atoms with Crippen LogP contribution < -0.4 is 4.74 Å². The van der Waals surface area contributed by atoms with Crippen molar-refractivity contribution in [2.75, 3.05) is 0 Å². The van der Waals surface area contributed by atoms with E-state index in [-0.39, 0.29) is 12.2 Å². The maximum absolute atomic E-state index is 11.8. The summed E-state index contributed by atoms with van der Waals surface area (Å²) in [5.41, 5.74) is 0.705. The molecule has 0 aromatic heterocycles. The van der Waals surface area contributed by atoms with Gasteiger partial charge < -0.3 is 9.53 Å². The second-order valence-electron chi connectivity index (χ2n) is 2.92. The molecule has 0 fully saturated rings. The van der Waals surface area contributed by atoms with Crippen molar-refractivity contribution in [2.45, 2.75) is 12.8 Å². The number of halogens is 3. The Bertz CT molecular complexity index is 366. The molecule has 0 amide bonds. The van der Waals surface area contributed by atoms with E-state index in [0.29, 0.717) is 5.56 Å². The molecule has 0 saturated carbocycles. The lowest BCUT2D eigenvalue weighted by atomic mass is 10.2. The van der Waals surface area contributed by atoms with Crippen LogP contribution in [0.25, 0.3) is 6.08 Å². The summed E-state index contributed by atoms with van der Waals surface area (Å²) in [6.07, 6.45) is -0.397. The van der Waals surface area contributed by atoms with E-state index in [0.717, 1.165) is 6.29 Å². The Hall–Kier alpha value is -1.78. The van der Waals surface area contributed by atoms with Crippen LogP contribution in [0.4, 0.5) is 13.2 Å². The van der Waals surface area contributed by atoms with Crippen LogP contribution >= 0.6 is 0 Å². The highest BCUT2D eigenvalue weighted by Crippen LogP contribution is 2.22. The van der Waals surface area contributed by atoms with Crippen molar-refractivity contribution in [3.63, 3.8) is 0 Å². The highest BCUT2D eigenvalue weighted by Gasteiger charge is 2.30. The van der Waals surface area contributed by atoms with Gasteiger partial charge in [-0.2, -0.15) is 0 Å². The van der Waals surface area contributed by atoms with Crippen molar-refractivity contribution in [1.29, 1.82) is 0 Å². The van der Waals surface area contributed by atoms with Gasteiger partial charge in [0.2, 0.25) is 0 Å². The number of aldehydes is 1. The quantitative estimate of drug-likeness (QED) is 0.742. The van der Waals surface area contributed by atoms with Gasteiger partial charge in [-0.3, -0.25) is 0 Å². The van der Waals surface area contributed by atoms with E-state index in [1.165, 1.54) is 24.3 Å². The molecule has 16 heavy (non-hydrogen) atoms. The fourth-order valence-electron chi connectivity index (χ4n) is 1.04. The van der Waals surface area contributed by atoms with Gasteiger partial charge in [0, 0.05) is 6.42 Å². The predicted octanol–water partition coefficient (Wildman–Crippen LogP) is 3.19. The minimum Gasteiger partial charge on any atom is -0.406 e. The van der Waals surface area contributed by atoms with Crippen LogP contribution in [0, 0.1) is 0 Å². The third-order valence-electron chi connectivity index (χ3n) is 1.66. The maximum atomic E-state index is 11.8. The summed E-state index contributed by atoms with van der Waals surface area (Å²) < 4.78 is 39.1. The summed E-state index contributed by atoms with van der Waals surface area (Å²) in [5, 5.41) is 0. The number of hydrogen-bond acceptors (Lipinski definition) is 2. The monoisotopic (exact) mass is 230 g/mol. The number of hydrogen-bond donors (Lipinski definition) is 0. The van der Waals surface area contributed by atoms with Crippen molar-refractivity contribution in [2.24, 2.45) is 0 Å². The fourth-order valence-corrected chi connectivity index (χ4v) is 1.04. The van der Waals surface area contributed by atoms with Crippen LogP contribution in [0.1, 0.15) is 12.0 Å². The van der Waals surface area contributed by atoms with Gasteiger partial charge >= 0.3 is 6.36 Å². The average molecular weight is 230 g/mol. The van der Waals surface area contributed by atoms with E-state index in [9.17, 15) is 18.0 Å². The first-order chi connectivity index (χ1) is 7.51. The molecular formula is C11H9F3O2. The third kappa shape index (κ3) is 4.63. The van der Waals surface area contributed by atoms with Gasteiger partial charge in [-0.1, -0.05) is 24.3 Å². The Morgan fingerprint density at radius 3 is 2.31 bits per heavy atom. The van der Waals surface area contributed by atoms with Gasteiger partial charge in [0.25, 0.3) is 0 Å². The van der Waals surface area contributed by atoms with Crippen LogP contribution in [0.5, 0.6) is 5.75 Å². The maximum Gasteiger partial charge on any atom is 0.573 e. The predicted molar refractivity (Wildman–Crippen MR) is 52.8 cm³/mol. The van der Waals surface area contributed by atoms with Gasteiger partial charge in [0.1, 0.15) is 12.0 Å². The Labute approximate surface area is 90.3 Å². The number of carbonyl (C=O) groups is 1. The first-order valence-corrected chi connectivity index (χ1v) is 4.47. The number of carbonyl (C=O) groups excluding carboxylic acids is 1. The third-order valence-corrected chi connectivity index (χ3v) is 1.66. The first kappa shape index (κ1) is 12.3. The minimum absolute atomic E-state index is 0.264. The molecule has 0 saturated heterocycles. The molecule has 0 N–H and O–H groups in total. The van der Waals surface area contributed by atoms with E-state index in [2.05, 4.69) is 4.74 Å². The van der Waals surface area contributed by atoms with Crippen molar-refractivity contribution in [3.05, 3.63) is 35.9 Å². The molecule has 1 rings (SSSR count). The van der Waals surface area contributed by atoms with Crippen LogP contribution in [0.2, 0.25) is 0 Å². The highest BCUT2D eigenvalue weighted by atomic mass is 19.4. The first-order valence-electron chi connectivity index (χ1n) is 4.47. The number of allylic oxidation sites excluding steroid dienone is 1. The Kier molecular flexibility index (Phi) is 4.10. The summed E-state index contributed by atoms with van der Waals surface area (Å²) in [6.45, 7) is 0. The van der Waals surface area contributed by atoms with Crippen molar-refractivity contribution >= 4 is 12.4 Å². The number of benzene rings is 1. The standard InChI is InChI=1S/C11H9F3O2/c12-11(13,14)16-10-6-4-9(5-7-10)3-1-2-8-15/h1,3-8H,2H2. The molecule has 0 aliphatic rings. The van der Waals surface area contributed by atoms with E-state index >= 15 is 0 Å². The molecule has 0 radical (unpaired) electrons. The van der Waals surface area contributed by atoms with E-state index in [1.807, 2.05) is 0 Å². The van der Waals surface area contributed by atoms with Crippen molar-refractivity contribution in [1.82, 2.24) is 0 Å². The molecule has 2 nitrogen and oxygen atoms in total. The molecule has 0 bridgehead atoms. The van der Waals surface area contributed by atoms with E-state index in [4.69, 9.17) is 0 Å². The lowest BCUT2D eigenvalue weighted by Crippen LogP contribution is -2.16.